The number of likely N-dealkylation sites (tertiary alicyclic amines) is 1. The third kappa shape index (κ3) is 32.1. The third-order valence-corrected chi connectivity index (χ3v) is 20.7. The fourth-order valence-corrected chi connectivity index (χ4v) is 13.4. The Morgan fingerprint density at radius 1 is 0.378 bits per heavy atom. The Bertz CT molecular complexity index is 1750. The highest BCUT2D eigenvalue weighted by atomic mass is 16.5. The quantitative estimate of drug-likeness (QED) is 0.220. The van der Waals surface area contributed by atoms with Crippen LogP contribution < -0.4 is 0 Å². The van der Waals surface area contributed by atoms with Crippen LogP contribution in [-0.2, 0) is 18.9 Å². The molecule has 1 atom stereocenters. The highest BCUT2D eigenvalue weighted by Crippen LogP contribution is 2.28. The summed E-state index contributed by atoms with van der Waals surface area (Å²) in [7, 11) is 3.49. The summed E-state index contributed by atoms with van der Waals surface area (Å²) >= 11 is 0. The van der Waals surface area contributed by atoms with E-state index in [1.165, 1.54) is 189 Å². The molecule has 0 amide bonds. The molecule has 0 aromatic rings. The van der Waals surface area contributed by atoms with Gasteiger partial charge in [0.05, 0.1) is 45.2 Å². The number of nitrogens with zero attached hydrogens (tertiary/aromatic N) is 12. The van der Waals surface area contributed by atoms with Gasteiger partial charge in [0.1, 0.15) is 0 Å². The first-order chi connectivity index (χ1) is 41.8. The van der Waals surface area contributed by atoms with Crippen LogP contribution in [0.3, 0.4) is 0 Å². The molecule has 0 aromatic carbocycles. The van der Waals surface area contributed by atoms with Gasteiger partial charge in [0.2, 0.25) is 0 Å². The van der Waals surface area contributed by atoms with Gasteiger partial charge < -0.3 is 23.8 Å². The monoisotopic (exact) mass is 1280 g/mol. The molecule has 0 aromatic heterocycles. The van der Waals surface area contributed by atoms with E-state index in [2.05, 4.69) is 225 Å². The second kappa shape index (κ2) is 39.7. The molecule has 1 aliphatic carbocycles. The maximum absolute atomic E-state index is 5.58. The normalized spacial score (nSPS) is 24.6. The smallest absolute Gasteiger partial charge is 0.0935 e. The number of ether oxygens (including phenoxy) is 4. The molecule has 0 bridgehead atoms. The number of hydrogen-bond acceptors (Lipinski definition) is 16. The molecule has 536 valence electrons. The second-order valence-electron chi connectivity index (χ2n) is 34.8. The summed E-state index contributed by atoms with van der Waals surface area (Å²) in [5.41, 5.74) is 2.39. The molecule has 16 heteroatoms. The average molecular weight is 1280 g/mol. The van der Waals surface area contributed by atoms with Gasteiger partial charge in [-0.1, -0.05) is 19.8 Å². The largest absolute Gasteiger partial charge is 0.383 e. The van der Waals surface area contributed by atoms with Gasteiger partial charge in [0.25, 0.3) is 0 Å². The molecular weight excluding hydrogens is 1120 g/mol. The summed E-state index contributed by atoms with van der Waals surface area (Å²) in [6, 6.07) is 2.37. The zero-order chi connectivity index (χ0) is 67.7. The maximum Gasteiger partial charge on any atom is 0.0935 e. The zero-order valence-electron chi connectivity index (χ0n) is 65.0. The molecular formula is C74H156N12O4. The van der Waals surface area contributed by atoms with Gasteiger partial charge in [0, 0.05) is 216 Å². The van der Waals surface area contributed by atoms with Crippen LogP contribution in [0, 0.1) is 0 Å². The fourth-order valence-electron chi connectivity index (χ4n) is 13.4. The molecule has 90 heavy (non-hydrogen) atoms. The van der Waals surface area contributed by atoms with E-state index in [-0.39, 0.29) is 11.6 Å². The summed E-state index contributed by atoms with van der Waals surface area (Å²) in [5.74, 6) is 0. The van der Waals surface area contributed by atoms with Crippen LogP contribution in [0.1, 0.15) is 205 Å². The number of hydrogen-bond donors (Lipinski definition) is 0. The van der Waals surface area contributed by atoms with Crippen LogP contribution in [0.15, 0.2) is 0 Å². The van der Waals surface area contributed by atoms with Crippen molar-refractivity contribution in [3.05, 3.63) is 0 Å². The van der Waals surface area contributed by atoms with E-state index in [1.54, 1.807) is 14.2 Å². The van der Waals surface area contributed by atoms with Crippen LogP contribution in [0.5, 0.6) is 0 Å². The second-order valence-corrected chi connectivity index (χ2v) is 34.8. The zero-order valence-corrected chi connectivity index (χ0v) is 65.0. The number of morpholine rings is 1. The summed E-state index contributed by atoms with van der Waals surface area (Å²) in [5, 5.41) is 0. The number of rotatable bonds is 9. The molecule has 8 aliphatic heterocycles. The van der Waals surface area contributed by atoms with E-state index in [9.17, 15) is 0 Å². The van der Waals surface area contributed by atoms with Gasteiger partial charge >= 0.3 is 0 Å². The molecule has 9 rings (SSSR count). The van der Waals surface area contributed by atoms with Gasteiger partial charge in [-0.3, -0.25) is 53.9 Å². The van der Waals surface area contributed by atoms with Crippen molar-refractivity contribution in [2.45, 2.75) is 268 Å². The van der Waals surface area contributed by atoms with Crippen molar-refractivity contribution in [1.29, 1.82) is 0 Å². The van der Waals surface area contributed by atoms with Gasteiger partial charge in [-0.25, -0.2) is 0 Å². The van der Waals surface area contributed by atoms with Crippen LogP contribution in [0.4, 0.5) is 0 Å². The summed E-state index contributed by atoms with van der Waals surface area (Å²) < 4.78 is 21.0. The first kappa shape index (κ1) is 83.6. The van der Waals surface area contributed by atoms with E-state index < -0.39 is 0 Å². The van der Waals surface area contributed by atoms with E-state index in [1.807, 2.05) is 0 Å². The molecule has 0 unspecified atom stereocenters. The molecule has 0 N–H and O–H groups in total. The first-order valence-electron chi connectivity index (χ1n) is 36.9. The number of piperazine rings is 5. The minimum absolute atomic E-state index is 0.246. The van der Waals surface area contributed by atoms with E-state index >= 15 is 0 Å². The topological polar surface area (TPSA) is 75.8 Å². The third-order valence-electron chi connectivity index (χ3n) is 20.7. The molecule has 0 spiro atoms. The molecule has 9 aliphatic rings. The highest BCUT2D eigenvalue weighted by Gasteiger charge is 2.35. The standard InChI is InChI=1S/C12H24N2.C11H22N2O.C11H24N2O.C11H24N2.C10H22N2.C10H21NO2.C9H19N/c1-12(2,3)14-9-7-13(8-10-14)11-5-4-6-11;1-11(2,3)13-6-4-12(5-7-13)10-8-14-9-10;1-11(2,3)13-7-5-12(6-8-13)9-10-14-4;1-10(2)12-6-8-13(9-7-12)11(3,4)5;1-5-11-6-8-12(9-7-11)10(2,3)4;1-10(2,3)11-5-6-13-9(7-11)8-12-4;1-9(2,3)10-7-5-4-6-8-10/h11H,4-10H2,1-3H3;10H,4-9H2,1-3H3;5-10H2,1-4H3;10H,6-9H2,1-5H3;5-9H2,1-4H3;9H,5-8H2,1-4H3;4-8H2,1-3H3/t;;;;;9-;/m.....0./s1. The van der Waals surface area contributed by atoms with Gasteiger partial charge in [-0.05, 0) is 205 Å². The maximum atomic E-state index is 5.58. The average Bonchev–Trinajstić information content (AvgIpc) is 1.87. The lowest BCUT2D eigenvalue weighted by atomic mass is 9.91. The number of piperidine rings is 1. The van der Waals surface area contributed by atoms with E-state index in [0.717, 1.165) is 58.1 Å². The van der Waals surface area contributed by atoms with Crippen LogP contribution in [0.2, 0.25) is 0 Å². The molecule has 1 saturated carbocycles. The van der Waals surface area contributed by atoms with Gasteiger partial charge in [-0.2, -0.15) is 0 Å². The summed E-state index contributed by atoms with van der Waals surface area (Å²) in [4.78, 5) is 30.7. The lowest BCUT2D eigenvalue weighted by molar-refractivity contribution is -0.0830. The van der Waals surface area contributed by atoms with E-state index in [0.29, 0.717) is 45.9 Å². The van der Waals surface area contributed by atoms with E-state index in [4.69, 9.17) is 18.9 Å². The number of methoxy groups -OCH3 is 2. The highest BCUT2D eigenvalue weighted by molar-refractivity contribution is 4.90. The Labute approximate surface area is 560 Å². The van der Waals surface area contributed by atoms with Crippen molar-refractivity contribution in [3.8, 4) is 0 Å². The van der Waals surface area contributed by atoms with Gasteiger partial charge in [-0.15, -0.1) is 0 Å². The summed E-state index contributed by atoms with van der Waals surface area (Å²) in [6.07, 6.45) is 8.86. The Kier molecular flexibility index (Phi) is 36.9. The molecule has 9 fully saturated rings. The van der Waals surface area contributed by atoms with Crippen molar-refractivity contribution in [2.75, 3.05) is 217 Å². The van der Waals surface area contributed by atoms with Crippen LogP contribution >= 0.6 is 0 Å². The predicted molar refractivity (Wildman–Crippen MR) is 387 cm³/mol. The Balaban J connectivity index is 0.000000275. The Morgan fingerprint density at radius 3 is 1.03 bits per heavy atom. The summed E-state index contributed by atoms with van der Waals surface area (Å²) in [6.45, 7) is 90.8. The van der Waals surface area contributed by atoms with Crippen LogP contribution in [0.25, 0.3) is 0 Å². The Hall–Kier alpha value is -0.640. The van der Waals surface area contributed by atoms with Crippen molar-refractivity contribution in [2.24, 2.45) is 0 Å². The van der Waals surface area contributed by atoms with Gasteiger partial charge in [0.15, 0.2) is 0 Å². The van der Waals surface area contributed by atoms with Crippen molar-refractivity contribution >= 4 is 0 Å². The minimum Gasteiger partial charge on any atom is -0.383 e. The minimum atomic E-state index is 0.246. The molecule has 8 saturated heterocycles. The lowest BCUT2D eigenvalue weighted by Gasteiger charge is -2.46. The SMILES string of the molecule is CC(C)(C)N1CCCCC1.CC(C)(C)N1CCN(C2CCC2)CC1.CC(C)(C)N1CCN(C2COC2)CC1.CC(C)N1CCN(C(C)(C)C)CC1.CCN1CCN(C(C)(C)C)CC1.COCCN1CCN(C(C)(C)C)CC1.COC[C@@H]1CN(C(C)(C)C)CCO1. The Morgan fingerprint density at radius 2 is 0.733 bits per heavy atom. The first-order valence-corrected chi connectivity index (χ1v) is 36.9. The van der Waals surface area contributed by atoms with Crippen molar-refractivity contribution in [3.63, 3.8) is 0 Å². The van der Waals surface area contributed by atoms with Crippen molar-refractivity contribution in [1.82, 2.24) is 58.8 Å². The van der Waals surface area contributed by atoms with Crippen molar-refractivity contribution < 1.29 is 18.9 Å². The number of likely N-dealkylation sites (N-methyl/N-ethyl adjacent to an activating group) is 1. The lowest BCUT2D eigenvalue weighted by Crippen LogP contribution is -2.59. The fraction of sp³-hybridized carbons (Fsp3) is 1.00. The molecule has 16 nitrogen and oxygen atoms in total. The molecule has 8 heterocycles. The predicted octanol–water partition coefficient (Wildman–Crippen LogP) is 10.4. The van der Waals surface area contributed by atoms with Crippen LogP contribution in [-0.4, -0.2) is 339 Å². The molecule has 0 radical (unpaired) electrons.